The molecule has 0 fully saturated rings. The molecule has 0 atom stereocenters. The van der Waals surface area contributed by atoms with Crippen LogP contribution < -0.4 is 5.32 Å². The number of hydrogen-bond donors (Lipinski definition) is 2. The van der Waals surface area contributed by atoms with E-state index in [4.69, 9.17) is 9.63 Å². The number of halogens is 1. The first-order valence-electron chi connectivity index (χ1n) is 12.7. The number of amides is 1. The minimum absolute atomic E-state index is 0.173. The van der Waals surface area contributed by atoms with E-state index in [0.717, 1.165) is 27.5 Å². The molecule has 6 nitrogen and oxygen atoms in total. The summed E-state index contributed by atoms with van der Waals surface area (Å²) in [5, 5.41) is 19.3. The number of carboxylic acid groups (broad SMARTS) is 1. The Bertz CT molecular complexity index is 1880. The zero-order valence-corrected chi connectivity index (χ0v) is 21.2. The Kier molecular flexibility index (Phi) is 6.54. The van der Waals surface area contributed by atoms with Gasteiger partial charge in [-0.1, -0.05) is 71.9 Å². The number of carbonyl (C=O) groups is 2. The van der Waals surface area contributed by atoms with E-state index in [1.54, 1.807) is 36.4 Å². The maximum atomic E-state index is 13.6. The third kappa shape index (κ3) is 5.05. The van der Waals surface area contributed by atoms with Crippen LogP contribution in [0.15, 0.2) is 108 Å². The summed E-state index contributed by atoms with van der Waals surface area (Å²) in [6, 6.07) is 30.2. The van der Waals surface area contributed by atoms with Crippen molar-refractivity contribution in [1.82, 2.24) is 10.5 Å². The van der Waals surface area contributed by atoms with Crippen LogP contribution in [0.2, 0.25) is 0 Å². The zero-order chi connectivity index (χ0) is 27.6. The van der Waals surface area contributed by atoms with Crippen LogP contribution in [0.25, 0.3) is 32.9 Å². The number of hydrogen-bond acceptors (Lipinski definition) is 4. The lowest BCUT2D eigenvalue weighted by molar-refractivity contribution is 0.0696. The van der Waals surface area contributed by atoms with Gasteiger partial charge in [0, 0.05) is 13.0 Å². The van der Waals surface area contributed by atoms with Gasteiger partial charge in [-0.15, -0.1) is 0 Å². The minimum Gasteiger partial charge on any atom is -0.478 e. The molecule has 0 aliphatic rings. The quantitative estimate of drug-likeness (QED) is 0.232. The number of nitrogens with zero attached hydrogens (tertiary/aromatic N) is 1. The second-order valence-corrected chi connectivity index (χ2v) is 9.58. The van der Waals surface area contributed by atoms with Gasteiger partial charge in [0.2, 0.25) is 0 Å². The molecule has 0 radical (unpaired) electrons. The first kappa shape index (κ1) is 25.0. The van der Waals surface area contributed by atoms with Crippen molar-refractivity contribution in [3.8, 4) is 11.1 Å². The summed E-state index contributed by atoms with van der Waals surface area (Å²) in [6.07, 6.45) is 0.463. The van der Waals surface area contributed by atoms with Gasteiger partial charge in [0.15, 0.2) is 5.58 Å². The number of nitrogens with one attached hydrogen (secondary N) is 1. The van der Waals surface area contributed by atoms with Gasteiger partial charge in [0.1, 0.15) is 5.82 Å². The van der Waals surface area contributed by atoms with Crippen LogP contribution in [0, 0.1) is 5.82 Å². The van der Waals surface area contributed by atoms with Crippen molar-refractivity contribution in [2.75, 3.05) is 0 Å². The van der Waals surface area contributed by atoms with E-state index in [9.17, 15) is 14.0 Å². The second-order valence-electron chi connectivity index (χ2n) is 9.58. The van der Waals surface area contributed by atoms with Gasteiger partial charge in [0.25, 0.3) is 5.91 Å². The number of rotatable bonds is 7. The SMILES string of the molecule is O=C(O)c1ccc(CNC(=O)c2cc(-c3ccc(F)cc3)cc3onc(Cc4ccc5ccccc5c4)c23)cc1. The standard InChI is InChI=1S/C33H23FN2O4/c34-27-13-11-23(12-14-27)26-17-28(32(37)35-19-20-5-9-24(10-6-20)33(38)39)31-29(36-40-30(31)18-26)16-21-7-8-22-3-1-2-4-25(22)15-21/h1-15,17-18H,16,19H2,(H,35,37)(H,38,39). The molecule has 1 aromatic heterocycles. The Morgan fingerprint density at radius 2 is 1.52 bits per heavy atom. The van der Waals surface area contributed by atoms with E-state index in [1.807, 2.05) is 18.2 Å². The van der Waals surface area contributed by atoms with Crippen molar-refractivity contribution in [1.29, 1.82) is 0 Å². The zero-order valence-electron chi connectivity index (χ0n) is 21.2. The minimum atomic E-state index is -1.01. The molecule has 0 aliphatic carbocycles. The molecule has 2 N–H and O–H groups in total. The number of fused-ring (bicyclic) bond motifs is 2. The van der Waals surface area contributed by atoms with Crippen molar-refractivity contribution in [2.24, 2.45) is 0 Å². The maximum Gasteiger partial charge on any atom is 0.335 e. The Morgan fingerprint density at radius 1 is 0.800 bits per heavy atom. The fourth-order valence-corrected chi connectivity index (χ4v) is 4.83. The highest BCUT2D eigenvalue weighted by atomic mass is 19.1. The highest BCUT2D eigenvalue weighted by molar-refractivity contribution is 6.08. The van der Waals surface area contributed by atoms with E-state index >= 15 is 0 Å². The molecule has 6 rings (SSSR count). The molecular weight excluding hydrogens is 507 g/mol. The monoisotopic (exact) mass is 530 g/mol. The fourth-order valence-electron chi connectivity index (χ4n) is 4.83. The van der Waals surface area contributed by atoms with Gasteiger partial charge >= 0.3 is 5.97 Å². The summed E-state index contributed by atoms with van der Waals surface area (Å²) in [5.41, 5.74) is 4.85. The molecule has 0 aliphatic heterocycles. The summed E-state index contributed by atoms with van der Waals surface area (Å²) in [4.78, 5) is 24.7. The molecule has 1 amide bonds. The molecule has 40 heavy (non-hydrogen) atoms. The second kappa shape index (κ2) is 10.5. The number of carbonyl (C=O) groups excluding carboxylic acids is 1. The van der Waals surface area contributed by atoms with Gasteiger partial charge in [-0.3, -0.25) is 4.79 Å². The van der Waals surface area contributed by atoms with E-state index in [0.29, 0.717) is 34.2 Å². The molecule has 1 heterocycles. The molecule has 7 heteroatoms. The number of aromatic carboxylic acids is 1. The van der Waals surface area contributed by atoms with Gasteiger partial charge in [-0.2, -0.15) is 0 Å². The van der Waals surface area contributed by atoms with Gasteiger partial charge in [0.05, 0.1) is 22.2 Å². The summed E-state index contributed by atoms with van der Waals surface area (Å²) in [6.45, 7) is 0.201. The van der Waals surface area contributed by atoms with E-state index < -0.39 is 5.97 Å². The van der Waals surface area contributed by atoms with E-state index in [2.05, 4.69) is 34.7 Å². The predicted octanol–water partition coefficient (Wildman–Crippen LogP) is 7.01. The highest BCUT2D eigenvalue weighted by Gasteiger charge is 2.20. The molecule has 5 aromatic carbocycles. The van der Waals surface area contributed by atoms with Gasteiger partial charge in [-0.25, -0.2) is 9.18 Å². The predicted molar refractivity (Wildman–Crippen MR) is 151 cm³/mol. The number of carboxylic acids is 1. The third-order valence-electron chi connectivity index (χ3n) is 6.91. The average Bonchev–Trinajstić information content (AvgIpc) is 3.38. The molecular formula is C33H23FN2O4. The Labute approximate surface area is 228 Å². The Balaban J connectivity index is 1.37. The molecule has 6 aromatic rings. The normalized spacial score (nSPS) is 11.1. The van der Waals surface area contributed by atoms with Crippen molar-refractivity contribution in [3.05, 3.63) is 137 Å². The average molecular weight is 531 g/mol. The van der Waals surface area contributed by atoms with Crippen molar-refractivity contribution < 1.29 is 23.6 Å². The maximum absolute atomic E-state index is 13.6. The lowest BCUT2D eigenvalue weighted by Gasteiger charge is -2.10. The smallest absolute Gasteiger partial charge is 0.335 e. The van der Waals surface area contributed by atoms with E-state index in [1.165, 1.54) is 24.3 Å². The Hall–Kier alpha value is -5.30. The van der Waals surface area contributed by atoms with Crippen LogP contribution >= 0.6 is 0 Å². The molecule has 0 unspecified atom stereocenters. The fraction of sp³-hybridized carbons (Fsp3) is 0.0606. The first-order chi connectivity index (χ1) is 19.4. The summed E-state index contributed by atoms with van der Waals surface area (Å²) >= 11 is 0. The topological polar surface area (TPSA) is 92.4 Å². The summed E-state index contributed by atoms with van der Waals surface area (Å²) in [7, 11) is 0. The number of benzene rings is 5. The van der Waals surface area contributed by atoms with Crippen molar-refractivity contribution in [3.63, 3.8) is 0 Å². The first-order valence-corrected chi connectivity index (χ1v) is 12.7. The van der Waals surface area contributed by atoms with Crippen LogP contribution in [0.1, 0.15) is 37.5 Å². The van der Waals surface area contributed by atoms with Crippen LogP contribution in [-0.4, -0.2) is 22.1 Å². The third-order valence-corrected chi connectivity index (χ3v) is 6.91. The lowest BCUT2D eigenvalue weighted by atomic mass is 9.96. The molecule has 0 bridgehead atoms. The van der Waals surface area contributed by atoms with Crippen molar-refractivity contribution in [2.45, 2.75) is 13.0 Å². The van der Waals surface area contributed by atoms with E-state index in [-0.39, 0.29) is 23.8 Å². The molecule has 0 saturated carbocycles. The van der Waals surface area contributed by atoms with Gasteiger partial charge < -0.3 is 14.9 Å². The van der Waals surface area contributed by atoms with Crippen LogP contribution in [0.3, 0.4) is 0 Å². The van der Waals surface area contributed by atoms with Crippen molar-refractivity contribution >= 4 is 33.6 Å². The largest absolute Gasteiger partial charge is 0.478 e. The number of aromatic nitrogens is 1. The van der Waals surface area contributed by atoms with Crippen LogP contribution in [-0.2, 0) is 13.0 Å². The molecule has 196 valence electrons. The Morgan fingerprint density at radius 3 is 2.27 bits per heavy atom. The highest BCUT2D eigenvalue weighted by Crippen LogP contribution is 2.32. The summed E-state index contributed by atoms with van der Waals surface area (Å²) < 4.78 is 19.3. The van der Waals surface area contributed by atoms with Crippen LogP contribution in [0.4, 0.5) is 4.39 Å². The molecule has 0 spiro atoms. The lowest BCUT2D eigenvalue weighted by Crippen LogP contribution is -2.23. The van der Waals surface area contributed by atoms with Gasteiger partial charge in [-0.05, 0) is 69.4 Å². The molecule has 0 saturated heterocycles. The summed E-state index contributed by atoms with van der Waals surface area (Å²) in [5.74, 6) is -1.70. The van der Waals surface area contributed by atoms with Crippen LogP contribution in [0.5, 0.6) is 0 Å².